The van der Waals surface area contributed by atoms with Gasteiger partial charge in [-0.25, -0.2) is 14.7 Å². The molecule has 3 aromatic rings. The molecule has 10 heteroatoms. The summed E-state index contributed by atoms with van der Waals surface area (Å²) in [6, 6.07) is 9.72. The fourth-order valence-electron chi connectivity index (χ4n) is 3.09. The van der Waals surface area contributed by atoms with E-state index >= 15 is 0 Å². The van der Waals surface area contributed by atoms with Crippen LogP contribution < -0.4 is 15.4 Å². The molecule has 3 heterocycles. The Morgan fingerprint density at radius 2 is 1.93 bits per heavy atom. The van der Waals surface area contributed by atoms with Gasteiger partial charge in [0, 0.05) is 44.0 Å². The lowest BCUT2D eigenvalue weighted by atomic mass is 10.3. The number of halogens is 1. The van der Waals surface area contributed by atoms with Crippen molar-refractivity contribution in [3.63, 3.8) is 0 Å². The number of methoxy groups -OCH3 is 1. The van der Waals surface area contributed by atoms with Crippen molar-refractivity contribution in [2.24, 2.45) is 10.7 Å². The Labute approximate surface area is 191 Å². The molecule has 4 rings (SSSR count). The number of guanidine groups is 1. The molecule has 8 nitrogen and oxygen atoms in total. The summed E-state index contributed by atoms with van der Waals surface area (Å²) in [4.78, 5) is 13.3. The van der Waals surface area contributed by atoms with Crippen molar-refractivity contribution in [3.05, 3.63) is 53.8 Å². The lowest BCUT2D eigenvalue weighted by Gasteiger charge is -2.35. The third kappa shape index (κ3) is 5.18. The van der Waals surface area contributed by atoms with E-state index in [1.54, 1.807) is 18.4 Å². The summed E-state index contributed by atoms with van der Waals surface area (Å²) in [6.07, 6.45) is 3.77. The molecule has 29 heavy (non-hydrogen) atoms. The molecule has 154 valence electrons. The molecule has 0 unspecified atom stereocenters. The van der Waals surface area contributed by atoms with Crippen LogP contribution in [0.3, 0.4) is 0 Å². The lowest BCUT2D eigenvalue weighted by Crippen LogP contribution is -2.51. The highest BCUT2D eigenvalue weighted by molar-refractivity contribution is 14.0. The van der Waals surface area contributed by atoms with Crippen LogP contribution in [0.15, 0.2) is 53.1 Å². The monoisotopic (exact) mass is 525 g/mol. The highest BCUT2D eigenvalue weighted by Crippen LogP contribution is 2.19. The molecule has 1 aliphatic rings. The van der Waals surface area contributed by atoms with Crippen LogP contribution in [-0.4, -0.2) is 58.9 Å². The molecule has 1 aromatic carbocycles. The molecule has 2 aromatic heterocycles. The minimum absolute atomic E-state index is 0. The molecular weight excluding hydrogens is 501 g/mol. The predicted molar refractivity (Wildman–Crippen MR) is 127 cm³/mol. The van der Waals surface area contributed by atoms with E-state index in [0.717, 1.165) is 48.4 Å². The topological polar surface area (TPSA) is 84.8 Å². The van der Waals surface area contributed by atoms with Gasteiger partial charge in [0.15, 0.2) is 11.1 Å². The Hall–Kier alpha value is -2.34. The molecule has 0 amide bonds. The second-order valence-electron chi connectivity index (χ2n) is 6.41. The molecule has 0 saturated carbocycles. The van der Waals surface area contributed by atoms with E-state index in [1.165, 1.54) is 0 Å². The van der Waals surface area contributed by atoms with Crippen LogP contribution in [0.1, 0.15) is 5.69 Å². The third-order valence-corrected chi connectivity index (χ3v) is 5.51. The number of rotatable bonds is 5. The highest BCUT2D eigenvalue weighted by atomic mass is 127. The maximum Gasteiger partial charge on any atom is 0.191 e. The second-order valence-corrected chi connectivity index (χ2v) is 7.29. The zero-order valence-corrected chi connectivity index (χ0v) is 19.3. The predicted octanol–water partition coefficient (Wildman–Crippen LogP) is 2.59. The molecular formula is C19H24IN7OS. The van der Waals surface area contributed by atoms with E-state index in [4.69, 9.17) is 10.5 Å². The summed E-state index contributed by atoms with van der Waals surface area (Å²) >= 11 is 1.67. The highest BCUT2D eigenvalue weighted by Gasteiger charge is 2.19. The van der Waals surface area contributed by atoms with Gasteiger partial charge in [0.1, 0.15) is 5.75 Å². The van der Waals surface area contributed by atoms with Gasteiger partial charge in [-0.1, -0.05) is 0 Å². The average Bonchev–Trinajstić information content (AvgIpc) is 3.44. The Kier molecular flexibility index (Phi) is 7.31. The first-order valence-electron chi connectivity index (χ1n) is 9.11. The van der Waals surface area contributed by atoms with Crippen molar-refractivity contribution in [2.45, 2.75) is 6.54 Å². The van der Waals surface area contributed by atoms with Crippen LogP contribution >= 0.6 is 35.3 Å². The van der Waals surface area contributed by atoms with Crippen molar-refractivity contribution >= 4 is 46.4 Å². The first-order valence-corrected chi connectivity index (χ1v) is 9.99. The number of nitrogens with zero attached hydrogens (tertiary/aromatic N) is 6. The Bertz CT molecular complexity index is 918. The number of hydrogen-bond donors (Lipinski definition) is 1. The number of aliphatic imine (C=N–C) groups is 1. The van der Waals surface area contributed by atoms with E-state index < -0.39 is 0 Å². The molecule has 0 aliphatic carbocycles. The van der Waals surface area contributed by atoms with Crippen LogP contribution in [0, 0.1) is 0 Å². The molecule has 2 N–H and O–H groups in total. The maximum atomic E-state index is 6.21. The molecule has 0 bridgehead atoms. The summed E-state index contributed by atoms with van der Waals surface area (Å²) in [6.45, 7) is 3.94. The summed E-state index contributed by atoms with van der Waals surface area (Å²) in [7, 11) is 1.66. The first kappa shape index (κ1) is 21.4. The minimum atomic E-state index is 0. The number of thiazole rings is 1. The SMILES string of the molecule is COc1ccc(-n2ccc(CN=C(N)N3CCN(c4nccs4)CC3)n2)cc1.I. The van der Waals surface area contributed by atoms with E-state index in [9.17, 15) is 0 Å². The van der Waals surface area contributed by atoms with Crippen LogP contribution in [-0.2, 0) is 6.54 Å². The molecule has 0 radical (unpaired) electrons. The van der Waals surface area contributed by atoms with Gasteiger partial charge in [0.25, 0.3) is 0 Å². The molecule has 0 atom stereocenters. The Balaban J connectivity index is 0.00000240. The minimum Gasteiger partial charge on any atom is -0.497 e. The third-order valence-electron chi connectivity index (χ3n) is 4.68. The van der Waals surface area contributed by atoms with Crippen molar-refractivity contribution in [2.75, 3.05) is 38.2 Å². The zero-order valence-electron chi connectivity index (χ0n) is 16.1. The van der Waals surface area contributed by atoms with Gasteiger partial charge in [0.05, 0.1) is 25.0 Å². The van der Waals surface area contributed by atoms with Crippen molar-refractivity contribution in [3.8, 4) is 11.4 Å². The zero-order chi connectivity index (χ0) is 19.3. The molecule has 1 saturated heterocycles. The number of benzene rings is 1. The maximum absolute atomic E-state index is 6.21. The Morgan fingerprint density at radius 3 is 2.59 bits per heavy atom. The fourth-order valence-corrected chi connectivity index (χ4v) is 3.78. The average molecular weight is 525 g/mol. The van der Waals surface area contributed by atoms with Crippen molar-refractivity contribution < 1.29 is 4.74 Å². The molecule has 1 aliphatic heterocycles. The molecule has 1 fully saturated rings. The largest absolute Gasteiger partial charge is 0.497 e. The van der Waals surface area contributed by atoms with Gasteiger partial charge < -0.3 is 20.3 Å². The summed E-state index contributed by atoms with van der Waals surface area (Å²) in [5, 5.41) is 7.65. The van der Waals surface area contributed by atoms with Gasteiger partial charge in [-0.05, 0) is 30.3 Å². The normalized spacial score (nSPS) is 14.6. The number of ether oxygens (including phenoxy) is 1. The fraction of sp³-hybridized carbons (Fsp3) is 0.316. The summed E-state index contributed by atoms with van der Waals surface area (Å²) in [5.41, 5.74) is 8.06. The lowest BCUT2D eigenvalue weighted by molar-refractivity contribution is 0.380. The van der Waals surface area contributed by atoms with E-state index in [-0.39, 0.29) is 24.0 Å². The standard InChI is InChI=1S/C19H23N7OS.HI/c1-27-17-4-2-16(3-5-17)26-8-6-15(23-26)14-22-18(20)24-9-11-25(12-10-24)19-21-7-13-28-19;/h2-8,13H,9-12,14H2,1H3,(H2,20,22);1H. The van der Waals surface area contributed by atoms with Gasteiger partial charge in [0.2, 0.25) is 0 Å². The van der Waals surface area contributed by atoms with Crippen LogP contribution in [0.5, 0.6) is 5.75 Å². The summed E-state index contributed by atoms with van der Waals surface area (Å²) in [5.74, 6) is 1.39. The van der Waals surface area contributed by atoms with Crippen LogP contribution in [0.25, 0.3) is 5.69 Å². The van der Waals surface area contributed by atoms with E-state index in [2.05, 4.69) is 24.9 Å². The van der Waals surface area contributed by atoms with Gasteiger partial charge in [-0.3, -0.25) is 0 Å². The number of piperazine rings is 1. The number of aromatic nitrogens is 3. The number of anilines is 1. The van der Waals surface area contributed by atoms with Gasteiger partial charge in [-0.2, -0.15) is 5.10 Å². The number of hydrogen-bond acceptors (Lipinski definition) is 6. The summed E-state index contributed by atoms with van der Waals surface area (Å²) < 4.78 is 7.02. The van der Waals surface area contributed by atoms with Crippen LogP contribution in [0.4, 0.5) is 5.13 Å². The van der Waals surface area contributed by atoms with Gasteiger partial charge >= 0.3 is 0 Å². The molecule has 0 spiro atoms. The van der Waals surface area contributed by atoms with Crippen molar-refractivity contribution in [1.29, 1.82) is 0 Å². The van der Waals surface area contributed by atoms with Crippen molar-refractivity contribution in [1.82, 2.24) is 19.7 Å². The Morgan fingerprint density at radius 1 is 1.17 bits per heavy atom. The van der Waals surface area contributed by atoms with Crippen LogP contribution in [0.2, 0.25) is 0 Å². The number of nitrogens with two attached hydrogens (primary N) is 1. The van der Waals surface area contributed by atoms with E-state index in [1.807, 2.05) is 52.8 Å². The quantitative estimate of drug-likeness (QED) is 0.313. The van der Waals surface area contributed by atoms with Gasteiger partial charge in [-0.15, -0.1) is 35.3 Å². The smallest absolute Gasteiger partial charge is 0.191 e. The second kappa shape index (κ2) is 9.92. The first-order chi connectivity index (χ1) is 13.7. The van der Waals surface area contributed by atoms with E-state index in [0.29, 0.717) is 12.5 Å².